The van der Waals surface area contributed by atoms with Crippen LogP contribution in [-0.4, -0.2) is 22.5 Å². The van der Waals surface area contributed by atoms with Crippen LogP contribution in [0.5, 0.6) is 0 Å². The lowest BCUT2D eigenvalue weighted by molar-refractivity contribution is -0.122. The number of rotatable bonds is 5. The molecule has 5 rings (SSSR count). The molecule has 0 unspecified atom stereocenters. The van der Waals surface area contributed by atoms with Gasteiger partial charge in [0.2, 0.25) is 0 Å². The number of aliphatic imine (C=N–C) groups is 1. The summed E-state index contributed by atoms with van der Waals surface area (Å²) in [6.45, 7) is 2.65. The first-order valence-corrected chi connectivity index (χ1v) is 11.9. The maximum atomic E-state index is 13.5. The highest BCUT2D eigenvalue weighted by Gasteiger charge is 2.33. The van der Waals surface area contributed by atoms with Crippen molar-refractivity contribution in [3.8, 4) is 0 Å². The molecule has 0 aliphatic carbocycles. The van der Waals surface area contributed by atoms with Crippen molar-refractivity contribution in [2.75, 3.05) is 6.54 Å². The van der Waals surface area contributed by atoms with E-state index < -0.39 is 0 Å². The van der Waals surface area contributed by atoms with Gasteiger partial charge in [-0.3, -0.25) is 9.69 Å². The van der Waals surface area contributed by atoms with E-state index in [0.717, 1.165) is 33.6 Å². The van der Waals surface area contributed by atoms with Crippen molar-refractivity contribution in [1.29, 1.82) is 0 Å². The molecule has 1 saturated heterocycles. The van der Waals surface area contributed by atoms with Gasteiger partial charge in [0.1, 0.15) is 0 Å². The van der Waals surface area contributed by atoms with E-state index in [4.69, 9.17) is 4.99 Å². The zero-order chi connectivity index (χ0) is 22.6. The fourth-order valence-electron chi connectivity index (χ4n) is 3.92. The van der Waals surface area contributed by atoms with Gasteiger partial charge >= 0.3 is 0 Å². The van der Waals surface area contributed by atoms with Crippen molar-refractivity contribution in [3.05, 3.63) is 119 Å². The molecule has 0 bridgehead atoms. The van der Waals surface area contributed by atoms with Gasteiger partial charge in [-0.25, -0.2) is 4.99 Å². The summed E-state index contributed by atoms with van der Waals surface area (Å²) in [4.78, 5) is 20.8. The number of carbonyl (C=O) groups excluding carboxylic acids is 1. The quantitative estimate of drug-likeness (QED) is 0.308. The van der Waals surface area contributed by atoms with Crippen molar-refractivity contribution in [3.63, 3.8) is 0 Å². The number of aryl methyl sites for hydroxylation is 1. The van der Waals surface area contributed by atoms with E-state index in [1.165, 1.54) is 22.9 Å². The second-order valence-electron chi connectivity index (χ2n) is 8.10. The topological polar surface area (TPSA) is 32.7 Å². The lowest BCUT2D eigenvalue weighted by atomic mass is 10.0. The smallest absolute Gasteiger partial charge is 0.266 e. The summed E-state index contributed by atoms with van der Waals surface area (Å²) in [5.41, 5.74) is 4.29. The number of thioether (sulfide) groups is 1. The fourth-order valence-corrected chi connectivity index (χ4v) is 4.94. The first-order chi connectivity index (χ1) is 16.2. The predicted octanol–water partition coefficient (Wildman–Crippen LogP) is 6.99. The highest BCUT2D eigenvalue weighted by Crippen LogP contribution is 2.35. The molecule has 1 fully saturated rings. The van der Waals surface area contributed by atoms with Crippen LogP contribution in [-0.2, 0) is 11.2 Å². The molecule has 0 N–H and O–H groups in total. The SMILES string of the molecule is Cc1ccc(N=C2S/C(=C/c3cccc4ccccc34)C(=O)N2CCc2ccccc2)cc1. The number of hydrogen-bond acceptors (Lipinski definition) is 3. The number of hydrogen-bond donors (Lipinski definition) is 0. The van der Waals surface area contributed by atoms with Crippen LogP contribution in [0.4, 0.5) is 5.69 Å². The third kappa shape index (κ3) is 4.76. The lowest BCUT2D eigenvalue weighted by Gasteiger charge is -2.15. The van der Waals surface area contributed by atoms with E-state index in [2.05, 4.69) is 43.3 Å². The van der Waals surface area contributed by atoms with Gasteiger partial charge in [0, 0.05) is 6.54 Å². The van der Waals surface area contributed by atoms with E-state index in [1.807, 2.05) is 71.6 Å². The lowest BCUT2D eigenvalue weighted by Crippen LogP contribution is -2.31. The van der Waals surface area contributed by atoms with Crippen LogP contribution >= 0.6 is 11.8 Å². The molecule has 0 radical (unpaired) electrons. The molecule has 0 aromatic heterocycles. The summed E-state index contributed by atoms with van der Waals surface area (Å²) >= 11 is 1.45. The van der Waals surface area contributed by atoms with E-state index >= 15 is 0 Å². The van der Waals surface area contributed by atoms with Gasteiger partial charge in [-0.15, -0.1) is 0 Å². The molecule has 33 heavy (non-hydrogen) atoms. The largest absolute Gasteiger partial charge is 0.286 e. The number of carbonyl (C=O) groups is 1. The third-order valence-electron chi connectivity index (χ3n) is 5.72. The maximum absolute atomic E-state index is 13.5. The first-order valence-electron chi connectivity index (χ1n) is 11.1. The van der Waals surface area contributed by atoms with Gasteiger partial charge in [0.25, 0.3) is 5.91 Å². The molecule has 3 nitrogen and oxygen atoms in total. The van der Waals surface area contributed by atoms with Crippen molar-refractivity contribution in [2.24, 2.45) is 4.99 Å². The fraction of sp³-hybridized carbons (Fsp3) is 0.103. The number of amidine groups is 1. The average molecular weight is 449 g/mol. The van der Waals surface area contributed by atoms with Crippen LogP contribution in [0.3, 0.4) is 0 Å². The molecule has 1 aliphatic rings. The second-order valence-corrected chi connectivity index (χ2v) is 9.11. The zero-order valence-corrected chi connectivity index (χ0v) is 19.3. The Bertz CT molecular complexity index is 1350. The Morgan fingerprint density at radius 1 is 0.848 bits per heavy atom. The predicted molar refractivity (Wildman–Crippen MR) is 140 cm³/mol. The molecule has 162 valence electrons. The Labute approximate surface area is 198 Å². The van der Waals surface area contributed by atoms with Crippen molar-refractivity contribution < 1.29 is 4.79 Å². The Morgan fingerprint density at radius 2 is 1.58 bits per heavy atom. The standard InChI is InChI=1S/C29H24N2OS/c1-21-14-16-25(17-15-21)30-29-31(19-18-22-8-3-2-4-9-22)28(32)27(33-29)20-24-12-7-11-23-10-5-6-13-26(23)24/h2-17,20H,18-19H2,1H3/b27-20+,30-29?. The van der Waals surface area contributed by atoms with Gasteiger partial charge in [0.15, 0.2) is 5.17 Å². The van der Waals surface area contributed by atoms with Crippen LogP contribution in [0.15, 0.2) is 107 Å². The van der Waals surface area contributed by atoms with Gasteiger partial charge in [-0.1, -0.05) is 90.5 Å². The van der Waals surface area contributed by atoms with Crippen molar-refractivity contribution in [1.82, 2.24) is 4.90 Å². The summed E-state index contributed by atoms with van der Waals surface area (Å²) < 4.78 is 0. The summed E-state index contributed by atoms with van der Waals surface area (Å²) in [7, 11) is 0. The zero-order valence-electron chi connectivity index (χ0n) is 18.4. The maximum Gasteiger partial charge on any atom is 0.266 e. The molecule has 1 amide bonds. The minimum Gasteiger partial charge on any atom is -0.286 e. The van der Waals surface area contributed by atoms with E-state index in [1.54, 1.807) is 0 Å². The monoisotopic (exact) mass is 448 g/mol. The van der Waals surface area contributed by atoms with Crippen LogP contribution < -0.4 is 0 Å². The van der Waals surface area contributed by atoms with Gasteiger partial charge in [-0.2, -0.15) is 0 Å². The molecule has 1 heterocycles. The summed E-state index contributed by atoms with van der Waals surface area (Å²) in [5, 5.41) is 3.03. The molecule has 4 heteroatoms. The molecule has 0 saturated carbocycles. The Balaban J connectivity index is 1.50. The highest BCUT2D eigenvalue weighted by molar-refractivity contribution is 8.18. The number of amides is 1. The molecule has 0 spiro atoms. The second kappa shape index (κ2) is 9.47. The van der Waals surface area contributed by atoms with Gasteiger partial charge in [0.05, 0.1) is 10.6 Å². The molecule has 4 aromatic carbocycles. The van der Waals surface area contributed by atoms with Gasteiger partial charge < -0.3 is 0 Å². The Morgan fingerprint density at radius 3 is 2.39 bits per heavy atom. The molecular weight excluding hydrogens is 424 g/mol. The Hall–Kier alpha value is -3.63. The summed E-state index contributed by atoms with van der Waals surface area (Å²) in [6.07, 6.45) is 2.78. The normalized spacial score (nSPS) is 16.3. The minimum atomic E-state index is 0.00901. The van der Waals surface area contributed by atoms with Crippen LogP contribution in [0.1, 0.15) is 16.7 Å². The van der Waals surface area contributed by atoms with Crippen LogP contribution in [0.2, 0.25) is 0 Å². The number of fused-ring (bicyclic) bond motifs is 1. The van der Waals surface area contributed by atoms with Gasteiger partial charge in [-0.05, 0) is 65.2 Å². The van der Waals surface area contributed by atoms with Crippen molar-refractivity contribution >= 4 is 45.4 Å². The average Bonchev–Trinajstić information content (AvgIpc) is 3.14. The summed E-state index contributed by atoms with van der Waals surface area (Å²) in [5.74, 6) is 0.00901. The van der Waals surface area contributed by atoms with E-state index in [9.17, 15) is 4.79 Å². The van der Waals surface area contributed by atoms with Crippen LogP contribution in [0.25, 0.3) is 16.8 Å². The molecule has 1 aliphatic heterocycles. The number of benzene rings is 4. The summed E-state index contributed by atoms with van der Waals surface area (Å²) in [6, 6.07) is 32.8. The minimum absolute atomic E-state index is 0.00901. The number of nitrogens with zero attached hydrogens (tertiary/aromatic N) is 2. The van der Waals surface area contributed by atoms with Crippen molar-refractivity contribution in [2.45, 2.75) is 13.3 Å². The first kappa shape index (κ1) is 21.2. The van der Waals surface area contributed by atoms with Crippen LogP contribution in [0, 0.1) is 6.92 Å². The third-order valence-corrected chi connectivity index (χ3v) is 6.73. The molecule has 0 atom stereocenters. The van der Waals surface area contributed by atoms with E-state index in [0.29, 0.717) is 11.4 Å². The van der Waals surface area contributed by atoms with E-state index in [-0.39, 0.29) is 5.91 Å². The Kier molecular flexibility index (Phi) is 6.09. The highest BCUT2D eigenvalue weighted by atomic mass is 32.2. The molecular formula is C29H24N2OS. The molecule has 4 aromatic rings.